The summed E-state index contributed by atoms with van der Waals surface area (Å²) < 4.78 is 38.8. The Morgan fingerprint density at radius 1 is 0.438 bits per heavy atom. The van der Waals surface area contributed by atoms with E-state index in [4.69, 9.17) is 37.0 Å². The van der Waals surface area contributed by atoms with Gasteiger partial charge in [0.05, 0.1) is 52.6 Å². The molecule has 8 aromatic rings. The number of primary amides is 1. The summed E-state index contributed by atoms with van der Waals surface area (Å²) in [6.07, 6.45) is 14.6. The number of nitrogens with zero attached hydrogens (tertiary/aromatic N) is 3. The molecule has 690 valence electrons. The molecule has 5 saturated carbocycles. The topological polar surface area (TPSA) is 332 Å². The van der Waals surface area contributed by atoms with Gasteiger partial charge in [0.1, 0.15) is 16.8 Å². The van der Waals surface area contributed by atoms with E-state index in [9.17, 15) is 43.2 Å². The molecule has 5 aliphatic carbocycles. The fraction of sp³-hybridized carbons (Fsp3) is 0.390. The van der Waals surface area contributed by atoms with Crippen LogP contribution in [0.2, 0.25) is 0 Å². The molecule has 0 aromatic heterocycles. The maximum absolute atomic E-state index is 12.5. The number of hydrogen-bond acceptors (Lipinski definition) is 18. The summed E-state index contributed by atoms with van der Waals surface area (Å²) >= 11 is 8.08. The van der Waals surface area contributed by atoms with E-state index in [1.807, 2.05) is 244 Å². The summed E-state index contributed by atoms with van der Waals surface area (Å²) in [5.74, 6) is -3.61. The van der Waals surface area contributed by atoms with E-state index >= 15 is 0 Å². The molecular formula is C100H118Br4ClMgN7O16Pb. The third kappa shape index (κ3) is 37.8. The van der Waals surface area contributed by atoms with Crippen molar-refractivity contribution in [2.45, 2.75) is 251 Å². The Hall–Kier alpha value is -9.17. The van der Waals surface area contributed by atoms with Crippen molar-refractivity contribution in [2.75, 3.05) is 0 Å². The molecule has 130 heavy (non-hydrogen) atoms. The van der Waals surface area contributed by atoms with Gasteiger partial charge in [-0.3, -0.25) is 9.59 Å². The maximum Gasteiger partial charge on any atom is 2.00 e. The zero-order valence-corrected chi connectivity index (χ0v) is 87.8. The van der Waals surface area contributed by atoms with Gasteiger partial charge in [-0.05, 0) is 240 Å². The second kappa shape index (κ2) is 53.5. The molecule has 0 unspecified atom stereocenters. The first-order valence-corrected chi connectivity index (χ1v) is 51.2. The number of rotatable bonds is 17. The number of alkyl carbamates (subject to hydrolysis) is 3. The van der Waals surface area contributed by atoms with Crippen LogP contribution < -0.4 is 34.1 Å². The minimum absolute atomic E-state index is 0. The van der Waals surface area contributed by atoms with Gasteiger partial charge in [-0.2, -0.15) is 35.1 Å². The number of carbonyl (C=O) groups is 9. The average molecular weight is 2260 g/mol. The predicted octanol–water partition coefficient (Wildman–Crippen LogP) is 20.6. The molecular weight excluding hydrogens is 2140 g/mol. The second-order valence-electron chi connectivity index (χ2n) is 34.2. The molecule has 0 spiro atoms. The molecule has 5 fully saturated rings. The van der Waals surface area contributed by atoms with E-state index in [1.165, 1.54) is 12.0 Å². The van der Waals surface area contributed by atoms with Crippen molar-refractivity contribution in [3.8, 4) is 12.1 Å². The van der Waals surface area contributed by atoms with Crippen LogP contribution in [-0.2, 0) is 89.2 Å². The number of nitriles is 2. The Balaban J connectivity index is 0.000000391. The van der Waals surface area contributed by atoms with Crippen LogP contribution in [0, 0.1) is 36.2 Å². The van der Waals surface area contributed by atoms with Crippen LogP contribution in [0.25, 0.3) is 4.85 Å². The fourth-order valence-corrected chi connectivity index (χ4v) is 21.3. The van der Waals surface area contributed by atoms with Crippen molar-refractivity contribution >= 4 is 169 Å². The monoisotopic (exact) mass is 2260 g/mol. The van der Waals surface area contributed by atoms with E-state index in [-0.39, 0.29) is 94.2 Å². The largest absolute Gasteiger partial charge is 2.00 e. The Labute approximate surface area is 829 Å². The average Bonchev–Trinajstić information content (AvgIpc) is 0.773. The number of hydrogen-bond donors (Lipinski definition) is 4. The summed E-state index contributed by atoms with van der Waals surface area (Å²) in [7, 11) is 0. The molecule has 0 saturated heterocycles. The molecule has 0 bridgehead atoms. The molecule has 5 aliphatic rings. The first-order chi connectivity index (χ1) is 59.7. The van der Waals surface area contributed by atoms with Gasteiger partial charge in [0.2, 0.25) is 5.91 Å². The first kappa shape index (κ1) is 115. The van der Waals surface area contributed by atoms with Crippen LogP contribution in [0.1, 0.15) is 249 Å². The predicted molar refractivity (Wildman–Crippen MR) is 516 cm³/mol. The van der Waals surface area contributed by atoms with Gasteiger partial charge in [-0.15, -0.1) is 12.1 Å². The zero-order chi connectivity index (χ0) is 94.0. The number of benzene rings is 8. The molecule has 0 atom stereocenters. The van der Waals surface area contributed by atoms with Crippen LogP contribution in [0.15, 0.2) is 224 Å². The number of amides is 4. The van der Waals surface area contributed by atoms with Crippen LogP contribution >= 0.6 is 63.7 Å². The van der Waals surface area contributed by atoms with Crippen LogP contribution in [0.3, 0.4) is 0 Å². The third-order valence-corrected chi connectivity index (χ3v) is 31.2. The normalized spacial score (nSPS) is 14.7. The van der Waals surface area contributed by atoms with Crippen molar-refractivity contribution in [3.05, 3.63) is 293 Å². The van der Waals surface area contributed by atoms with E-state index < -0.39 is 69.8 Å². The van der Waals surface area contributed by atoms with E-state index in [0.29, 0.717) is 24.1 Å². The van der Waals surface area contributed by atoms with Crippen LogP contribution in [0.4, 0.5) is 20.1 Å². The van der Waals surface area contributed by atoms with Crippen LogP contribution in [0.5, 0.6) is 0 Å². The van der Waals surface area contributed by atoms with Gasteiger partial charge in [0, 0.05) is 29.9 Å². The zero-order valence-electron chi connectivity index (χ0n) is 75.4. The molecule has 23 nitrogen and oxygen atoms in total. The van der Waals surface area contributed by atoms with Gasteiger partial charge >= 0.3 is 146 Å². The molecule has 8 aromatic carbocycles. The Bertz CT molecular complexity index is 5050. The van der Waals surface area contributed by atoms with Crippen molar-refractivity contribution in [1.82, 2.24) is 16.0 Å². The number of carbonyl (C=O) groups excluding carboxylic acids is 9. The number of halogens is 5. The van der Waals surface area contributed by atoms with Gasteiger partial charge in [0.15, 0.2) is 11.5 Å². The molecule has 30 heteroatoms. The van der Waals surface area contributed by atoms with E-state index in [2.05, 4.69) is 126 Å². The second-order valence-corrected chi connectivity index (χ2v) is 44.9. The number of nitrogens with two attached hydrogens (primary N) is 1. The van der Waals surface area contributed by atoms with Crippen molar-refractivity contribution in [2.24, 2.45) is 5.73 Å². The number of ether oxygens (including phenoxy) is 3. The summed E-state index contributed by atoms with van der Waals surface area (Å²) in [6, 6.07) is 71.0. The van der Waals surface area contributed by atoms with Crippen molar-refractivity contribution in [1.29, 1.82) is 10.5 Å². The van der Waals surface area contributed by atoms with Gasteiger partial charge in [-0.1, -0.05) is 211 Å². The molecule has 5 N–H and O–H groups in total. The molecule has 0 aliphatic heterocycles. The standard InChI is InChI=1S/C23H27NO3.C16H20N2O2.C15H20BrNO2.C11H12BrNO.C11H10BrN.C8H6BrN.C7H7.4C2H4O2.CH4.ClH.Mg.Pb/c1-22(2,3)27-21(26)24-23(14-7-15-23)19-12-10-18(11-13-19)20(25)16-17-8-5-4-6-9-17;1-15(2,3)20-14(19)18-16(10-5-11-16)12-6-8-13(17-4)9-7-12;1-14(2,3)19-13(18)17-15(9-4-10-15)11-5-7-12(16)8-6-11;12-9-4-2-8(3-5-9)11(10(13)14)6-1-7-11;12-10-4-2-9(3-5-10)11(8-13)6-1-7-11;9-8-3-1-7(2-4-8)5-6-10;1-7-5-3-2-4-6-7;4*1-2(3)4;;;;/h4-6,8-13H,7,14-16H2,1-3H3,(H,24,26);6-9H,5,10-11H2,1-3H3,(H,18,19);5-8H,4,9-10H2,1-3H3,(H,17,18);2-5H,1,6-7H2,(H2,13,14);2-5H,1,6-7H2;1-4H,5H2;2-6H,1H2;4*1H3,(H,3,4);1H4;1H;;/q;;;;;;-1;;;;;;;+2;+4/p-5. The quantitative estimate of drug-likeness (QED) is 0.0285. The Morgan fingerprint density at radius 3 is 0.992 bits per heavy atom. The summed E-state index contributed by atoms with van der Waals surface area (Å²) in [4.78, 5) is 107. The van der Waals surface area contributed by atoms with E-state index in [1.54, 1.807) is 12.1 Å². The molecule has 13 rings (SSSR count). The van der Waals surface area contributed by atoms with Gasteiger partial charge in [0.25, 0.3) is 0 Å². The van der Waals surface area contributed by atoms with Crippen molar-refractivity contribution in [3.63, 3.8) is 0 Å². The summed E-state index contributed by atoms with van der Waals surface area (Å²) in [6.45, 7) is 31.5. The van der Waals surface area contributed by atoms with E-state index in [0.717, 1.165) is 174 Å². The number of Topliss-reactive ketones (excluding diaryl/α,β-unsaturated/α-hetero) is 1. The number of nitrogens with one attached hydrogen (secondary N) is 3. The number of ketones is 1. The SMILES string of the molecule is C.CC(=O)[O][Pb]([O]C(C)=O)([O]C(C)=O)[O]C(C)=O.CC(C)(C)OC(=O)NC1(c2ccc(Br)cc2)CCC1.CC(C)(C)OC(=O)NC1(c2ccc(C(=O)Cc3ccccc3)cc2)CCC1.N#CC1(c2ccc(Br)cc2)CCC1.N#CCc1ccc(Br)cc1.NC(=O)C1(c2ccc(Br)cc2)CCC1.[C-]#[N+]c1ccc(C2(NC(=O)OC(C)(C)C)CCC2)cc1.[CH2-]c1ccccc1.[Cl-].[Mg+2]. The van der Waals surface area contributed by atoms with Crippen LogP contribution in [-0.4, -0.2) is 117 Å². The van der Waals surface area contributed by atoms with Crippen molar-refractivity contribution < 1.29 is 80.5 Å². The Morgan fingerprint density at radius 2 is 0.738 bits per heavy atom. The smallest absolute Gasteiger partial charge is 1.00 e. The summed E-state index contributed by atoms with van der Waals surface area (Å²) in [5.41, 5.74) is 12.3. The molecule has 0 radical (unpaired) electrons. The third-order valence-electron chi connectivity index (χ3n) is 20.8. The van der Waals surface area contributed by atoms with Gasteiger partial charge < -0.3 is 48.3 Å². The maximum atomic E-state index is 12.5. The summed E-state index contributed by atoms with van der Waals surface area (Å²) in [5, 5.41) is 26.5. The first-order valence-electron chi connectivity index (χ1n) is 41.7. The minimum atomic E-state index is -5.43. The minimum Gasteiger partial charge on any atom is -1.00 e. The Kier molecular flexibility index (Phi) is 47.3. The fourth-order valence-electron chi connectivity index (χ4n) is 13.8. The van der Waals surface area contributed by atoms with Gasteiger partial charge in [-0.25, -0.2) is 19.2 Å². The molecule has 4 amide bonds. The molecule has 0 heterocycles.